The molecule has 5 atom stereocenters. The summed E-state index contributed by atoms with van der Waals surface area (Å²) in [6.45, 7) is 2.03. The first-order chi connectivity index (χ1) is 10.4. The van der Waals surface area contributed by atoms with Crippen LogP contribution in [0.1, 0.15) is 5.56 Å². The number of aliphatic hydroxyl groups excluding tert-OH is 1. The van der Waals surface area contributed by atoms with Gasteiger partial charge < -0.3 is 19.3 Å². The van der Waals surface area contributed by atoms with E-state index in [1.165, 1.54) is 19.2 Å². The van der Waals surface area contributed by atoms with Crippen molar-refractivity contribution in [3.63, 3.8) is 0 Å². The fraction of sp³-hybridized carbons (Fsp3) is 0.571. The standard InChI is InChI=1S/C14H18O7S/c1-8-3-5-9(6-4-8)22(16,17)21-13-12-11(15)10(7-19-12)20-14(13)18-2/h3-6,10-15H,7H2,1-2H3/t10-,11-,12-,13+,14+/m1/s1. The van der Waals surface area contributed by atoms with Crippen LogP contribution in [-0.4, -0.2) is 57.9 Å². The van der Waals surface area contributed by atoms with Gasteiger partial charge in [-0.25, -0.2) is 0 Å². The molecule has 2 aliphatic rings. The molecule has 2 heterocycles. The van der Waals surface area contributed by atoms with E-state index in [-0.39, 0.29) is 11.5 Å². The lowest BCUT2D eigenvalue weighted by molar-refractivity contribution is -0.245. The van der Waals surface area contributed by atoms with Gasteiger partial charge in [-0.2, -0.15) is 8.42 Å². The van der Waals surface area contributed by atoms with Gasteiger partial charge in [-0.3, -0.25) is 4.18 Å². The van der Waals surface area contributed by atoms with E-state index in [2.05, 4.69) is 0 Å². The van der Waals surface area contributed by atoms with Crippen LogP contribution in [0.3, 0.4) is 0 Å². The topological polar surface area (TPSA) is 91.3 Å². The number of methoxy groups -OCH3 is 1. The van der Waals surface area contributed by atoms with Crippen LogP contribution in [0.15, 0.2) is 29.2 Å². The zero-order valence-corrected chi connectivity index (χ0v) is 13.0. The first-order valence-corrected chi connectivity index (χ1v) is 8.31. The van der Waals surface area contributed by atoms with E-state index in [1.807, 2.05) is 6.92 Å². The maximum atomic E-state index is 12.4. The van der Waals surface area contributed by atoms with Crippen LogP contribution in [0.25, 0.3) is 0 Å². The summed E-state index contributed by atoms with van der Waals surface area (Å²) in [4.78, 5) is 0.0302. The van der Waals surface area contributed by atoms with Gasteiger partial charge in [-0.1, -0.05) is 17.7 Å². The SMILES string of the molecule is CO[C@H]1O[C@@H]2CO[C@H]([C@@H]2O)[C@@H]1OS(=O)(=O)c1ccc(C)cc1. The number of ether oxygens (including phenoxy) is 3. The highest BCUT2D eigenvalue weighted by Gasteiger charge is 2.53. The molecule has 0 aromatic heterocycles. The second-order valence-corrected chi connectivity index (χ2v) is 6.97. The van der Waals surface area contributed by atoms with Crippen molar-refractivity contribution in [3.8, 4) is 0 Å². The summed E-state index contributed by atoms with van der Waals surface area (Å²) in [5.74, 6) is 0. The third kappa shape index (κ3) is 2.78. The van der Waals surface area contributed by atoms with E-state index >= 15 is 0 Å². The van der Waals surface area contributed by atoms with Crippen molar-refractivity contribution in [3.05, 3.63) is 29.8 Å². The van der Waals surface area contributed by atoms with Crippen LogP contribution in [0.4, 0.5) is 0 Å². The molecule has 1 aromatic carbocycles. The van der Waals surface area contributed by atoms with Crippen molar-refractivity contribution in [2.24, 2.45) is 0 Å². The second-order valence-electron chi connectivity index (χ2n) is 5.40. The van der Waals surface area contributed by atoms with Crippen LogP contribution in [-0.2, 0) is 28.5 Å². The average molecular weight is 330 g/mol. The first-order valence-electron chi connectivity index (χ1n) is 6.90. The summed E-state index contributed by atoms with van der Waals surface area (Å²) in [7, 11) is -2.63. The van der Waals surface area contributed by atoms with Crippen LogP contribution in [0.5, 0.6) is 0 Å². The molecular formula is C14H18O7S. The molecule has 2 aliphatic heterocycles. The highest BCUT2D eigenvalue weighted by atomic mass is 32.2. The Labute approximate surface area is 128 Å². The Kier molecular flexibility index (Phi) is 4.23. The largest absolute Gasteiger partial charge is 0.387 e. The fourth-order valence-corrected chi connectivity index (χ4v) is 3.70. The summed E-state index contributed by atoms with van der Waals surface area (Å²) in [6.07, 6.45) is -4.25. The first kappa shape index (κ1) is 15.9. The minimum absolute atomic E-state index is 0.0302. The number of aryl methyl sites for hydroxylation is 1. The van der Waals surface area contributed by atoms with Crippen molar-refractivity contribution < 1.29 is 31.9 Å². The van der Waals surface area contributed by atoms with E-state index in [0.29, 0.717) is 0 Å². The highest BCUT2D eigenvalue weighted by molar-refractivity contribution is 7.86. The van der Waals surface area contributed by atoms with Gasteiger partial charge in [0.1, 0.15) is 18.3 Å². The molecule has 0 radical (unpaired) electrons. The predicted molar refractivity (Wildman–Crippen MR) is 74.7 cm³/mol. The normalized spacial score (nSPS) is 34.8. The monoisotopic (exact) mass is 330 g/mol. The lowest BCUT2D eigenvalue weighted by Crippen LogP contribution is -2.55. The molecule has 0 aliphatic carbocycles. The van der Waals surface area contributed by atoms with Crippen molar-refractivity contribution in [2.75, 3.05) is 13.7 Å². The Bertz CT molecular complexity index is 627. The summed E-state index contributed by atoms with van der Waals surface area (Å²) in [6, 6.07) is 6.28. The van der Waals surface area contributed by atoms with Crippen LogP contribution >= 0.6 is 0 Å². The summed E-state index contributed by atoms with van der Waals surface area (Å²) < 4.78 is 46.0. The molecule has 7 nitrogen and oxygen atoms in total. The number of fused-ring (bicyclic) bond motifs is 2. The van der Waals surface area contributed by atoms with Gasteiger partial charge in [0.2, 0.25) is 0 Å². The predicted octanol–water partition coefficient (Wildman–Crippen LogP) is 0.200. The fourth-order valence-electron chi connectivity index (χ4n) is 2.62. The molecule has 3 rings (SSSR count). The van der Waals surface area contributed by atoms with Gasteiger partial charge in [0.25, 0.3) is 10.1 Å². The Morgan fingerprint density at radius 3 is 2.59 bits per heavy atom. The molecule has 22 heavy (non-hydrogen) atoms. The molecule has 2 saturated heterocycles. The smallest absolute Gasteiger partial charge is 0.297 e. The maximum Gasteiger partial charge on any atom is 0.297 e. The number of hydrogen-bond donors (Lipinski definition) is 1. The minimum Gasteiger partial charge on any atom is -0.387 e. The van der Waals surface area contributed by atoms with E-state index < -0.39 is 40.8 Å². The van der Waals surface area contributed by atoms with E-state index in [9.17, 15) is 13.5 Å². The van der Waals surface area contributed by atoms with Crippen molar-refractivity contribution in [1.82, 2.24) is 0 Å². The van der Waals surface area contributed by atoms with Crippen LogP contribution in [0, 0.1) is 6.92 Å². The molecule has 1 aromatic rings. The number of aliphatic hydroxyl groups is 1. The average Bonchev–Trinajstić information content (AvgIpc) is 2.73. The van der Waals surface area contributed by atoms with E-state index in [1.54, 1.807) is 12.1 Å². The summed E-state index contributed by atoms with van der Waals surface area (Å²) in [5, 5.41) is 10.0. The Morgan fingerprint density at radius 2 is 1.95 bits per heavy atom. The highest BCUT2D eigenvalue weighted by Crippen LogP contribution is 2.33. The van der Waals surface area contributed by atoms with Crippen molar-refractivity contribution >= 4 is 10.1 Å². The number of hydrogen-bond acceptors (Lipinski definition) is 7. The summed E-state index contributed by atoms with van der Waals surface area (Å²) >= 11 is 0. The van der Waals surface area contributed by atoms with Gasteiger partial charge in [-0.05, 0) is 19.1 Å². The zero-order valence-electron chi connectivity index (χ0n) is 12.2. The quantitative estimate of drug-likeness (QED) is 0.789. The van der Waals surface area contributed by atoms with Gasteiger partial charge in [-0.15, -0.1) is 0 Å². The number of rotatable bonds is 4. The third-order valence-corrected chi connectivity index (χ3v) is 5.18. The van der Waals surface area contributed by atoms with Crippen molar-refractivity contribution in [2.45, 2.75) is 42.5 Å². The second kappa shape index (κ2) is 5.88. The van der Waals surface area contributed by atoms with Crippen molar-refractivity contribution in [1.29, 1.82) is 0 Å². The molecule has 0 unspecified atom stereocenters. The molecule has 2 fully saturated rings. The van der Waals surface area contributed by atoms with Gasteiger partial charge in [0, 0.05) is 7.11 Å². The maximum absolute atomic E-state index is 12.4. The molecule has 2 bridgehead atoms. The Balaban J connectivity index is 1.85. The van der Waals surface area contributed by atoms with Crippen LogP contribution < -0.4 is 0 Å². The molecule has 8 heteroatoms. The lowest BCUT2D eigenvalue weighted by Gasteiger charge is -2.36. The molecule has 1 N–H and O–H groups in total. The van der Waals surface area contributed by atoms with Gasteiger partial charge in [0.15, 0.2) is 12.4 Å². The van der Waals surface area contributed by atoms with E-state index in [0.717, 1.165) is 5.56 Å². The molecule has 0 spiro atoms. The summed E-state index contributed by atoms with van der Waals surface area (Å²) in [5.41, 5.74) is 0.937. The number of benzene rings is 1. The molecule has 0 saturated carbocycles. The molecule has 0 amide bonds. The molecule has 122 valence electrons. The minimum atomic E-state index is -4.02. The lowest BCUT2D eigenvalue weighted by atomic mass is 10.0. The Morgan fingerprint density at radius 1 is 1.27 bits per heavy atom. The van der Waals surface area contributed by atoms with E-state index in [4.69, 9.17) is 18.4 Å². The third-order valence-electron chi connectivity index (χ3n) is 3.85. The van der Waals surface area contributed by atoms with Crippen LogP contribution in [0.2, 0.25) is 0 Å². The zero-order chi connectivity index (χ0) is 15.9. The molecular weight excluding hydrogens is 312 g/mol. The Hall–Kier alpha value is -1.03. The van der Waals surface area contributed by atoms with Gasteiger partial charge in [0.05, 0.1) is 11.5 Å². The van der Waals surface area contributed by atoms with Gasteiger partial charge >= 0.3 is 0 Å².